The van der Waals surface area contributed by atoms with E-state index in [0.717, 1.165) is 28.2 Å². The Hall–Kier alpha value is -7.74. The molecule has 0 aliphatic heterocycles. The largest absolute Gasteiger partial charge is 0.311 e. The van der Waals surface area contributed by atoms with Crippen LogP contribution in [-0.2, 0) is 0 Å². The number of benzene rings is 8. The predicted octanol–water partition coefficient (Wildman–Crippen LogP) is 18.2. The second-order valence-electron chi connectivity index (χ2n) is 16.6. The smallest absolute Gasteiger partial charge is 0.0462 e. The Labute approximate surface area is 388 Å². The molecular weight excluding hydrogens is 783 g/mol. The van der Waals surface area contributed by atoms with Crippen LogP contribution in [0.25, 0.3) is 44.5 Å². The summed E-state index contributed by atoms with van der Waals surface area (Å²) >= 11 is 0. The minimum Gasteiger partial charge on any atom is -0.311 e. The Morgan fingerprint density at radius 1 is 0.446 bits per heavy atom. The minimum atomic E-state index is 0.698. The summed E-state index contributed by atoms with van der Waals surface area (Å²) in [6.07, 6.45) is 13.6. The molecule has 1 unspecified atom stereocenters. The Bertz CT molecular complexity index is 2820. The summed E-state index contributed by atoms with van der Waals surface area (Å²) in [6, 6.07) is 73.0. The molecule has 65 heavy (non-hydrogen) atoms. The second-order valence-corrected chi connectivity index (χ2v) is 16.6. The van der Waals surface area contributed by atoms with Crippen LogP contribution < -0.4 is 4.90 Å². The highest BCUT2D eigenvalue weighted by atomic mass is 15.1. The van der Waals surface area contributed by atoms with Gasteiger partial charge in [0.05, 0.1) is 0 Å². The molecule has 1 atom stereocenters. The van der Waals surface area contributed by atoms with Gasteiger partial charge in [-0.05, 0) is 125 Å². The number of allylic oxidation sites excluding steroid dienone is 8. The molecule has 0 bridgehead atoms. The molecule has 0 amide bonds. The Kier molecular flexibility index (Phi) is 15.7. The van der Waals surface area contributed by atoms with Crippen molar-refractivity contribution < 1.29 is 0 Å². The van der Waals surface area contributed by atoms with Crippen molar-refractivity contribution >= 4 is 28.2 Å². The topological polar surface area (TPSA) is 3.24 Å². The molecule has 320 valence electrons. The lowest BCUT2D eigenvalue weighted by Gasteiger charge is -2.26. The Morgan fingerprint density at radius 3 is 1.15 bits per heavy atom. The summed E-state index contributed by atoms with van der Waals surface area (Å²) in [5.41, 5.74) is 19.4. The third-order valence-electron chi connectivity index (χ3n) is 11.6. The molecule has 0 heterocycles. The molecule has 0 radical (unpaired) electrons. The maximum Gasteiger partial charge on any atom is 0.0462 e. The number of anilines is 3. The number of hydrogen-bond donors (Lipinski definition) is 0. The van der Waals surface area contributed by atoms with Crippen molar-refractivity contribution in [1.82, 2.24) is 0 Å². The van der Waals surface area contributed by atoms with Crippen LogP contribution in [-0.4, -0.2) is 0 Å². The predicted molar refractivity (Wildman–Crippen MR) is 284 cm³/mol. The Balaban J connectivity index is 0.000000188. The summed E-state index contributed by atoms with van der Waals surface area (Å²) in [5.74, 6) is 0.698. The van der Waals surface area contributed by atoms with E-state index in [9.17, 15) is 0 Å². The van der Waals surface area contributed by atoms with Gasteiger partial charge in [0.2, 0.25) is 0 Å². The van der Waals surface area contributed by atoms with E-state index in [0.29, 0.717) is 5.92 Å². The van der Waals surface area contributed by atoms with Crippen molar-refractivity contribution in [2.24, 2.45) is 5.92 Å². The summed E-state index contributed by atoms with van der Waals surface area (Å²) in [7, 11) is 0. The molecule has 9 rings (SSSR count). The zero-order valence-electron chi connectivity index (χ0n) is 38.2. The molecule has 1 nitrogen and oxygen atoms in total. The minimum absolute atomic E-state index is 0.698. The SMILES string of the molecule is C=C/C=C(\C=C)c1ccc(N(c2ccc(-c3ccccc3)cc2)c2ccc(-c3ccc(C)cc3)cc2)cc1.Cc1ccc(-c2ccccc2)cc1.Cc1ccc(C2=CCC(C)C=C2)cc1. The van der Waals surface area contributed by atoms with Crippen molar-refractivity contribution in [1.29, 1.82) is 0 Å². The van der Waals surface area contributed by atoms with Crippen LogP contribution in [0, 0.1) is 26.7 Å². The molecular formula is C64H59N. The van der Waals surface area contributed by atoms with Gasteiger partial charge in [-0.15, -0.1) is 0 Å². The maximum atomic E-state index is 3.95. The van der Waals surface area contributed by atoms with Gasteiger partial charge in [0.15, 0.2) is 0 Å². The fourth-order valence-corrected chi connectivity index (χ4v) is 7.71. The van der Waals surface area contributed by atoms with E-state index < -0.39 is 0 Å². The van der Waals surface area contributed by atoms with Crippen molar-refractivity contribution in [3.63, 3.8) is 0 Å². The first kappa shape index (κ1) is 45.3. The average molecular weight is 842 g/mol. The summed E-state index contributed by atoms with van der Waals surface area (Å²) in [5, 5.41) is 0. The van der Waals surface area contributed by atoms with Crippen molar-refractivity contribution in [3.8, 4) is 33.4 Å². The van der Waals surface area contributed by atoms with E-state index in [1.165, 1.54) is 67.6 Å². The monoisotopic (exact) mass is 841 g/mol. The lowest BCUT2D eigenvalue weighted by atomic mass is 9.94. The Morgan fingerprint density at radius 2 is 0.800 bits per heavy atom. The normalized spacial score (nSPS) is 13.0. The summed E-state index contributed by atoms with van der Waals surface area (Å²) in [6.45, 7) is 16.4. The van der Waals surface area contributed by atoms with Gasteiger partial charge in [-0.25, -0.2) is 0 Å². The molecule has 0 spiro atoms. The molecule has 1 aliphatic carbocycles. The lowest BCUT2D eigenvalue weighted by Crippen LogP contribution is -2.09. The molecule has 1 heteroatoms. The van der Waals surface area contributed by atoms with Crippen LogP contribution in [0.5, 0.6) is 0 Å². The van der Waals surface area contributed by atoms with E-state index >= 15 is 0 Å². The van der Waals surface area contributed by atoms with Gasteiger partial charge in [-0.3, -0.25) is 0 Å². The summed E-state index contributed by atoms with van der Waals surface area (Å²) < 4.78 is 0. The van der Waals surface area contributed by atoms with Gasteiger partial charge in [-0.2, -0.15) is 0 Å². The first-order valence-corrected chi connectivity index (χ1v) is 22.5. The van der Waals surface area contributed by atoms with E-state index in [-0.39, 0.29) is 0 Å². The van der Waals surface area contributed by atoms with Crippen molar-refractivity contribution in [2.75, 3.05) is 4.90 Å². The van der Waals surface area contributed by atoms with Crippen LogP contribution in [0.1, 0.15) is 41.2 Å². The van der Waals surface area contributed by atoms with E-state index in [2.05, 4.69) is 258 Å². The van der Waals surface area contributed by atoms with Gasteiger partial charge < -0.3 is 4.90 Å². The number of nitrogens with zero attached hydrogens (tertiary/aromatic N) is 1. The van der Waals surface area contributed by atoms with Crippen LogP contribution in [0.15, 0.2) is 256 Å². The third-order valence-corrected chi connectivity index (χ3v) is 11.6. The van der Waals surface area contributed by atoms with Gasteiger partial charge in [0.25, 0.3) is 0 Å². The average Bonchev–Trinajstić information content (AvgIpc) is 3.36. The van der Waals surface area contributed by atoms with E-state index in [1.54, 1.807) is 6.08 Å². The van der Waals surface area contributed by atoms with Gasteiger partial charge in [0, 0.05) is 17.1 Å². The third kappa shape index (κ3) is 12.5. The maximum absolute atomic E-state index is 3.95. The van der Waals surface area contributed by atoms with Crippen molar-refractivity contribution in [2.45, 2.75) is 34.1 Å². The number of hydrogen-bond acceptors (Lipinski definition) is 1. The number of rotatable bonds is 10. The molecule has 8 aromatic rings. The summed E-state index contributed by atoms with van der Waals surface area (Å²) in [4.78, 5) is 2.29. The van der Waals surface area contributed by atoms with Crippen LogP contribution in [0.4, 0.5) is 17.1 Å². The van der Waals surface area contributed by atoms with Gasteiger partial charge in [-0.1, -0.05) is 243 Å². The highest BCUT2D eigenvalue weighted by molar-refractivity contribution is 5.82. The molecule has 1 aliphatic rings. The zero-order chi connectivity index (χ0) is 45.4. The second kappa shape index (κ2) is 22.6. The molecule has 0 saturated heterocycles. The molecule has 0 saturated carbocycles. The van der Waals surface area contributed by atoms with E-state index in [1.807, 2.05) is 24.3 Å². The standard InChI is InChI=1S/C37H31N.C14H16.C13H12/c1-4-9-29(5-2)31-16-22-35(23-17-31)38(36-24-18-33(19-25-36)30-10-7-6-8-11-30)37-26-20-34(21-27-37)32-14-12-28(3)13-15-32;1-11-3-7-13(8-4-11)14-9-5-12(2)6-10-14;1-11-7-9-13(10-8-11)12-5-3-2-4-6-12/h4-27H,1-2H2,3H3;3-5,7-10,12H,6H2,1-2H3;2-10H,1H3/b29-9+;;. The van der Waals surface area contributed by atoms with Crippen LogP contribution in [0.3, 0.4) is 0 Å². The fourth-order valence-electron chi connectivity index (χ4n) is 7.71. The molecule has 0 fully saturated rings. The van der Waals surface area contributed by atoms with E-state index in [4.69, 9.17) is 0 Å². The molecule has 0 N–H and O–H groups in total. The quantitative estimate of drug-likeness (QED) is 0.124. The molecule has 0 aromatic heterocycles. The lowest BCUT2D eigenvalue weighted by molar-refractivity contribution is 0.739. The highest BCUT2D eigenvalue weighted by Gasteiger charge is 2.14. The van der Waals surface area contributed by atoms with Gasteiger partial charge in [0.1, 0.15) is 0 Å². The van der Waals surface area contributed by atoms with Crippen LogP contribution in [0.2, 0.25) is 0 Å². The fraction of sp³-hybridized carbons (Fsp3) is 0.0938. The highest BCUT2D eigenvalue weighted by Crippen LogP contribution is 2.37. The van der Waals surface area contributed by atoms with Crippen molar-refractivity contribution in [3.05, 3.63) is 284 Å². The first-order chi connectivity index (χ1) is 31.8. The number of aryl methyl sites for hydroxylation is 3. The zero-order valence-corrected chi connectivity index (χ0v) is 38.2. The van der Waals surface area contributed by atoms with Crippen LogP contribution >= 0.6 is 0 Å². The molecule has 8 aromatic carbocycles. The van der Waals surface area contributed by atoms with Gasteiger partial charge >= 0.3 is 0 Å². The first-order valence-electron chi connectivity index (χ1n) is 22.5.